The molecule has 0 atom stereocenters. The van der Waals surface area contributed by atoms with Crippen LogP contribution in [0.5, 0.6) is 11.5 Å². The van der Waals surface area contributed by atoms with Gasteiger partial charge < -0.3 is 19.9 Å². The molecule has 0 saturated heterocycles. The van der Waals surface area contributed by atoms with Crippen molar-refractivity contribution in [2.45, 2.75) is 0 Å². The van der Waals surface area contributed by atoms with Gasteiger partial charge in [-0.05, 0) is 24.3 Å². The smallest absolute Gasteiger partial charge is 0.341 e. The van der Waals surface area contributed by atoms with E-state index in [-0.39, 0.29) is 18.0 Å². The highest BCUT2D eigenvalue weighted by molar-refractivity contribution is 6.31. The molecule has 0 aliphatic rings. The quantitative estimate of drug-likeness (QED) is 0.504. The van der Waals surface area contributed by atoms with Gasteiger partial charge in [-0.1, -0.05) is 29.8 Å². The molecule has 0 heterocycles. The molecule has 6 heteroatoms. The number of phenolic OH excluding ortho intramolecular Hbond substituents is 1. The van der Waals surface area contributed by atoms with Crippen LogP contribution >= 0.6 is 11.6 Å². The van der Waals surface area contributed by atoms with Crippen LogP contribution in [0.3, 0.4) is 0 Å². The van der Waals surface area contributed by atoms with Gasteiger partial charge in [0.25, 0.3) is 0 Å². The molecule has 0 saturated carbocycles. The number of para-hydroxylation sites is 1. The second kappa shape index (κ2) is 6.85. The first-order valence-corrected chi connectivity index (χ1v) is 6.52. The van der Waals surface area contributed by atoms with Crippen LogP contribution in [0.4, 0.5) is 5.69 Å². The first kappa shape index (κ1) is 15.0. The van der Waals surface area contributed by atoms with E-state index in [1.807, 2.05) is 18.2 Å². The molecule has 5 nitrogen and oxygen atoms in total. The van der Waals surface area contributed by atoms with Gasteiger partial charge in [0.1, 0.15) is 11.3 Å². The van der Waals surface area contributed by atoms with Crippen LogP contribution in [-0.2, 0) is 4.74 Å². The molecule has 0 aliphatic carbocycles. The Kier molecular flexibility index (Phi) is 4.90. The van der Waals surface area contributed by atoms with E-state index in [2.05, 4.69) is 10.1 Å². The van der Waals surface area contributed by atoms with Gasteiger partial charge in [-0.25, -0.2) is 4.79 Å². The molecule has 0 unspecified atom stereocenters. The second-order valence-electron chi connectivity index (χ2n) is 4.12. The molecular weight excluding hydrogens is 294 g/mol. The normalized spacial score (nSPS) is 10.0. The lowest BCUT2D eigenvalue weighted by atomic mass is 10.1. The van der Waals surface area contributed by atoms with Crippen molar-refractivity contribution in [3.8, 4) is 11.5 Å². The molecule has 0 fully saturated rings. The van der Waals surface area contributed by atoms with Crippen LogP contribution in [0.2, 0.25) is 5.02 Å². The molecule has 2 aromatic carbocycles. The van der Waals surface area contributed by atoms with Crippen molar-refractivity contribution in [2.24, 2.45) is 0 Å². The molecule has 0 spiro atoms. The number of carbonyl (C=O) groups is 1. The summed E-state index contributed by atoms with van der Waals surface area (Å²) in [5.41, 5.74) is 0.283. The zero-order valence-corrected chi connectivity index (χ0v) is 12.1. The molecule has 2 aromatic rings. The average Bonchev–Trinajstić information content (AvgIpc) is 2.50. The summed E-state index contributed by atoms with van der Waals surface area (Å²) in [7, 11) is 1.23. The van der Waals surface area contributed by atoms with Gasteiger partial charge in [0.15, 0.2) is 12.5 Å². The number of phenols is 1. The maximum absolute atomic E-state index is 11.5. The van der Waals surface area contributed by atoms with E-state index in [0.717, 1.165) is 0 Å². The van der Waals surface area contributed by atoms with Crippen LogP contribution < -0.4 is 10.1 Å². The van der Waals surface area contributed by atoms with Crippen molar-refractivity contribution >= 4 is 23.3 Å². The van der Waals surface area contributed by atoms with Gasteiger partial charge in [0.05, 0.1) is 12.8 Å². The Morgan fingerprint density at radius 3 is 2.67 bits per heavy atom. The molecule has 110 valence electrons. The first-order valence-electron chi connectivity index (χ1n) is 6.14. The number of benzene rings is 2. The fourth-order valence-electron chi connectivity index (χ4n) is 1.71. The number of methoxy groups -OCH3 is 1. The summed E-state index contributed by atoms with van der Waals surface area (Å²) in [6.07, 6.45) is 0. The highest BCUT2D eigenvalue weighted by Crippen LogP contribution is 2.32. The fraction of sp³-hybridized carbons (Fsp3) is 0.133. The number of rotatable bonds is 5. The molecule has 0 aromatic heterocycles. The van der Waals surface area contributed by atoms with E-state index < -0.39 is 5.97 Å². The van der Waals surface area contributed by atoms with Gasteiger partial charge >= 0.3 is 5.97 Å². The summed E-state index contributed by atoms with van der Waals surface area (Å²) >= 11 is 5.92. The number of halogens is 1. The highest BCUT2D eigenvalue weighted by atomic mass is 35.5. The Balaban J connectivity index is 2.09. The Hall–Kier alpha value is -2.40. The van der Waals surface area contributed by atoms with E-state index in [1.165, 1.54) is 19.2 Å². The zero-order chi connectivity index (χ0) is 15.2. The number of nitrogens with one attached hydrogen (secondary N) is 1. The summed E-state index contributed by atoms with van der Waals surface area (Å²) in [4.78, 5) is 11.5. The Labute approximate surface area is 127 Å². The monoisotopic (exact) mass is 307 g/mol. The minimum absolute atomic E-state index is 0.00721. The molecule has 21 heavy (non-hydrogen) atoms. The number of hydrogen-bond acceptors (Lipinski definition) is 5. The van der Waals surface area contributed by atoms with Crippen LogP contribution in [0.1, 0.15) is 10.4 Å². The van der Waals surface area contributed by atoms with Crippen LogP contribution in [-0.4, -0.2) is 24.9 Å². The summed E-state index contributed by atoms with van der Waals surface area (Å²) in [6, 6.07) is 12.0. The summed E-state index contributed by atoms with van der Waals surface area (Å²) in [6.45, 7) is 0.110. The lowest BCUT2D eigenvalue weighted by Gasteiger charge is -2.12. The minimum atomic E-state index is -0.665. The van der Waals surface area contributed by atoms with E-state index in [1.54, 1.807) is 12.1 Å². The summed E-state index contributed by atoms with van der Waals surface area (Å²) in [5, 5.41) is 13.2. The second-order valence-corrected chi connectivity index (χ2v) is 4.56. The largest absolute Gasteiger partial charge is 0.505 e. The Morgan fingerprint density at radius 1 is 1.29 bits per heavy atom. The first-order chi connectivity index (χ1) is 10.1. The zero-order valence-electron chi connectivity index (χ0n) is 11.3. The minimum Gasteiger partial charge on any atom is -0.505 e. The van der Waals surface area contributed by atoms with E-state index >= 15 is 0 Å². The number of esters is 1. The maximum atomic E-state index is 11.5. The van der Waals surface area contributed by atoms with Crippen molar-refractivity contribution in [1.82, 2.24) is 0 Å². The lowest BCUT2D eigenvalue weighted by molar-refractivity contribution is 0.0597. The maximum Gasteiger partial charge on any atom is 0.341 e. The van der Waals surface area contributed by atoms with E-state index in [0.29, 0.717) is 16.5 Å². The van der Waals surface area contributed by atoms with Gasteiger partial charge in [0, 0.05) is 5.02 Å². The highest BCUT2D eigenvalue weighted by Gasteiger charge is 2.16. The average molecular weight is 308 g/mol. The topological polar surface area (TPSA) is 67.8 Å². The third-order valence-electron chi connectivity index (χ3n) is 2.72. The van der Waals surface area contributed by atoms with Crippen molar-refractivity contribution in [2.75, 3.05) is 19.2 Å². The van der Waals surface area contributed by atoms with Crippen molar-refractivity contribution < 1.29 is 19.4 Å². The molecule has 0 bridgehead atoms. The van der Waals surface area contributed by atoms with Gasteiger partial charge in [0.2, 0.25) is 0 Å². The van der Waals surface area contributed by atoms with Crippen molar-refractivity contribution in [3.05, 3.63) is 53.1 Å². The van der Waals surface area contributed by atoms with Crippen LogP contribution in [0.15, 0.2) is 42.5 Å². The molecule has 2 rings (SSSR count). The standard InChI is InChI=1S/C15H14ClNO4/c1-20-15(19)12-7-10(16)8-13(14(12)18)17-9-21-11-5-3-2-4-6-11/h2-8,17-18H,9H2,1H3. The number of hydrogen-bond donors (Lipinski definition) is 2. The van der Waals surface area contributed by atoms with E-state index in [4.69, 9.17) is 16.3 Å². The number of anilines is 1. The van der Waals surface area contributed by atoms with Gasteiger partial charge in [-0.15, -0.1) is 0 Å². The summed E-state index contributed by atoms with van der Waals surface area (Å²) < 4.78 is 10.0. The third-order valence-corrected chi connectivity index (χ3v) is 2.94. The SMILES string of the molecule is COC(=O)c1cc(Cl)cc(NCOc2ccccc2)c1O. The lowest BCUT2D eigenvalue weighted by Crippen LogP contribution is -2.10. The van der Waals surface area contributed by atoms with Crippen LogP contribution in [0.25, 0.3) is 0 Å². The molecular formula is C15H14ClNO4. The molecule has 0 amide bonds. The third kappa shape index (κ3) is 3.79. The molecule has 0 radical (unpaired) electrons. The predicted molar refractivity (Wildman–Crippen MR) is 80.0 cm³/mol. The predicted octanol–water partition coefficient (Wildman–Crippen LogP) is 3.28. The van der Waals surface area contributed by atoms with Crippen molar-refractivity contribution in [3.63, 3.8) is 0 Å². The van der Waals surface area contributed by atoms with Crippen molar-refractivity contribution in [1.29, 1.82) is 0 Å². The summed E-state index contributed by atoms with van der Waals surface area (Å²) in [5.74, 6) is -0.218. The van der Waals surface area contributed by atoms with Crippen LogP contribution in [0, 0.1) is 0 Å². The number of ether oxygens (including phenoxy) is 2. The number of aromatic hydroxyl groups is 1. The Bertz CT molecular complexity index is 631. The van der Waals surface area contributed by atoms with Gasteiger partial charge in [-0.3, -0.25) is 0 Å². The van der Waals surface area contributed by atoms with Gasteiger partial charge in [-0.2, -0.15) is 0 Å². The molecule has 2 N–H and O–H groups in total. The van der Waals surface area contributed by atoms with E-state index in [9.17, 15) is 9.90 Å². The fourth-order valence-corrected chi connectivity index (χ4v) is 1.93. The molecule has 0 aliphatic heterocycles. The number of carbonyl (C=O) groups excluding carboxylic acids is 1. The Morgan fingerprint density at radius 2 is 2.00 bits per heavy atom.